The second-order valence-corrected chi connectivity index (χ2v) is 4.67. The molecule has 0 saturated carbocycles. The second-order valence-electron chi connectivity index (χ2n) is 4.67. The van der Waals surface area contributed by atoms with Crippen LogP contribution in [-0.4, -0.2) is 23.3 Å². The molecule has 1 heterocycles. The van der Waals surface area contributed by atoms with Crippen molar-refractivity contribution >= 4 is 5.97 Å². The van der Waals surface area contributed by atoms with Crippen LogP contribution in [0.25, 0.3) is 0 Å². The van der Waals surface area contributed by atoms with Gasteiger partial charge in [0.25, 0.3) is 0 Å². The minimum atomic E-state index is -0.558. The van der Waals surface area contributed by atoms with Crippen molar-refractivity contribution in [2.45, 2.75) is 38.4 Å². The lowest BCUT2D eigenvalue weighted by Crippen LogP contribution is -2.39. The topological polar surface area (TPSA) is 46.5 Å². The molecule has 3 heteroatoms. The number of carbonyl (C=O) groups excluding carboxylic acids is 1. The number of aryl methyl sites for hydroxylation is 1. The van der Waals surface area contributed by atoms with Crippen LogP contribution in [0.1, 0.15) is 25.3 Å². The lowest BCUT2D eigenvalue weighted by atomic mass is 9.93. The highest BCUT2D eigenvalue weighted by atomic mass is 16.5. The third-order valence-corrected chi connectivity index (χ3v) is 3.33. The van der Waals surface area contributed by atoms with Crippen molar-refractivity contribution in [2.75, 3.05) is 0 Å². The first kappa shape index (κ1) is 12.1. The van der Waals surface area contributed by atoms with E-state index in [1.54, 1.807) is 6.92 Å². The summed E-state index contributed by atoms with van der Waals surface area (Å²) in [5.74, 6) is -0.662. The third-order valence-electron chi connectivity index (χ3n) is 3.33. The molecule has 0 aliphatic carbocycles. The molecule has 0 aromatic heterocycles. The van der Waals surface area contributed by atoms with Gasteiger partial charge in [-0.15, -0.1) is 0 Å². The van der Waals surface area contributed by atoms with E-state index in [2.05, 4.69) is 12.1 Å². The van der Waals surface area contributed by atoms with Crippen LogP contribution in [0.5, 0.6) is 0 Å². The number of aliphatic hydroxyl groups excluding tert-OH is 1. The Kier molecular flexibility index (Phi) is 3.79. The van der Waals surface area contributed by atoms with Gasteiger partial charge in [0.15, 0.2) is 0 Å². The minimum Gasteiger partial charge on any atom is -0.462 e. The predicted molar refractivity (Wildman–Crippen MR) is 64.4 cm³/mol. The normalized spacial score (nSPS) is 28.8. The number of hydrogen-bond acceptors (Lipinski definition) is 3. The summed E-state index contributed by atoms with van der Waals surface area (Å²) in [4.78, 5) is 11.4. The molecule has 1 aromatic carbocycles. The lowest BCUT2D eigenvalue weighted by molar-refractivity contribution is -0.168. The minimum absolute atomic E-state index is 0.145. The Balaban J connectivity index is 1.86. The molecule has 1 N–H and O–H groups in total. The molecule has 1 aromatic rings. The first-order valence-electron chi connectivity index (χ1n) is 6.09. The lowest BCUT2D eigenvalue weighted by Gasteiger charge is -2.30. The smallest absolute Gasteiger partial charge is 0.311 e. The molecule has 2 rings (SSSR count). The number of carbonyl (C=O) groups is 1. The molecule has 17 heavy (non-hydrogen) atoms. The van der Waals surface area contributed by atoms with E-state index in [1.165, 1.54) is 5.56 Å². The van der Waals surface area contributed by atoms with Crippen molar-refractivity contribution < 1.29 is 14.6 Å². The Morgan fingerprint density at radius 2 is 2.06 bits per heavy atom. The Labute approximate surface area is 101 Å². The monoisotopic (exact) mass is 234 g/mol. The molecular formula is C14H18O3. The fourth-order valence-corrected chi connectivity index (χ4v) is 2.10. The van der Waals surface area contributed by atoms with Crippen molar-refractivity contribution in [3.63, 3.8) is 0 Å². The van der Waals surface area contributed by atoms with Crippen LogP contribution < -0.4 is 0 Å². The van der Waals surface area contributed by atoms with Gasteiger partial charge in [0.1, 0.15) is 6.10 Å². The van der Waals surface area contributed by atoms with Crippen molar-refractivity contribution in [1.29, 1.82) is 0 Å². The summed E-state index contributed by atoms with van der Waals surface area (Å²) in [6.07, 6.45) is 1.50. The average Bonchev–Trinajstić information content (AvgIpc) is 2.34. The van der Waals surface area contributed by atoms with Crippen molar-refractivity contribution in [1.82, 2.24) is 0 Å². The van der Waals surface area contributed by atoms with Gasteiger partial charge < -0.3 is 9.84 Å². The molecular weight excluding hydrogens is 216 g/mol. The van der Waals surface area contributed by atoms with E-state index in [0.717, 1.165) is 12.8 Å². The quantitative estimate of drug-likeness (QED) is 0.813. The number of benzene rings is 1. The van der Waals surface area contributed by atoms with E-state index in [4.69, 9.17) is 4.74 Å². The van der Waals surface area contributed by atoms with Crippen LogP contribution in [0.2, 0.25) is 0 Å². The van der Waals surface area contributed by atoms with E-state index in [-0.39, 0.29) is 18.0 Å². The standard InChI is InChI=1S/C14H18O3/c1-10-13(15)9-12(17-14(10)16)8-7-11-5-3-2-4-6-11/h2-6,10,12-13,15H,7-9H2,1H3/t10-,12+,13-/m0/s1. The van der Waals surface area contributed by atoms with Gasteiger partial charge >= 0.3 is 5.97 Å². The molecule has 0 amide bonds. The van der Waals surface area contributed by atoms with E-state index < -0.39 is 6.10 Å². The summed E-state index contributed by atoms with van der Waals surface area (Å²) in [5.41, 5.74) is 1.23. The highest BCUT2D eigenvalue weighted by Crippen LogP contribution is 2.23. The van der Waals surface area contributed by atoms with E-state index in [0.29, 0.717) is 6.42 Å². The van der Waals surface area contributed by atoms with Gasteiger partial charge in [-0.25, -0.2) is 0 Å². The number of aliphatic hydroxyl groups is 1. The highest BCUT2D eigenvalue weighted by molar-refractivity contribution is 5.73. The molecule has 1 saturated heterocycles. The summed E-state index contributed by atoms with van der Waals surface area (Å²) in [5, 5.41) is 9.71. The maximum absolute atomic E-state index is 11.4. The summed E-state index contributed by atoms with van der Waals surface area (Å²) in [6.45, 7) is 1.71. The van der Waals surface area contributed by atoms with Gasteiger partial charge in [-0.3, -0.25) is 4.79 Å². The Hall–Kier alpha value is -1.35. The highest BCUT2D eigenvalue weighted by Gasteiger charge is 2.33. The van der Waals surface area contributed by atoms with Gasteiger partial charge in [-0.1, -0.05) is 30.3 Å². The maximum atomic E-state index is 11.4. The number of cyclic esters (lactones) is 1. The first-order valence-corrected chi connectivity index (χ1v) is 6.09. The van der Waals surface area contributed by atoms with Crippen molar-refractivity contribution in [3.05, 3.63) is 35.9 Å². The van der Waals surface area contributed by atoms with Gasteiger partial charge in [-0.2, -0.15) is 0 Å². The summed E-state index contributed by atoms with van der Waals surface area (Å²) < 4.78 is 5.29. The zero-order valence-corrected chi connectivity index (χ0v) is 10.0. The van der Waals surface area contributed by atoms with Gasteiger partial charge in [0, 0.05) is 6.42 Å². The number of ether oxygens (including phenoxy) is 1. The van der Waals surface area contributed by atoms with Crippen LogP contribution in [-0.2, 0) is 16.0 Å². The van der Waals surface area contributed by atoms with E-state index >= 15 is 0 Å². The maximum Gasteiger partial charge on any atom is 0.311 e. The van der Waals surface area contributed by atoms with Crippen LogP contribution in [0.4, 0.5) is 0 Å². The summed E-state index contributed by atoms with van der Waals surface area (Å²) in [7, 11) is 0. The van der Waals surface area contributed by atoms with E-state index in [9.17, 15) is 9.90 Å². The largest absolute Gasteiger partial charge is 0.462 e. The fraction of sp³-hybridized carbons (Fsp3) is 0.500. The molecule has 1 aliphatic rings. The summed E-state index contributed by atoms with van der Waals surface area (Å²) in [6, 6.07) is 10.1. The summed E-state index contributed by atoms with van der Waals surface area (Å²) >= 11 is 0. The van der Waals surface area contributed by atoms with Crippen LogP contribution in [0.3, 0.4) is 0 Å². The third kappa shape index (κ3) is 3.07. The van der Waals surface area contributed by atoms with Gasteiger partial charge in [0.05, 0.1) is 12.0 Å². The van der Waals surface area contributed by atoms with Crippen LogP contribution in [0, 0.1) is 5.92 Å². The SMILES string of the molecule is C[C@@H]1C(=O)O[C@H](CCc2ccccc2)C[C@@H]1O. The number of hydrogen-bond donors (Lipinski definition) is 1. The van der Waals surface area contributed by atoms with Crippen molar-refractivity contribution in [2.24, 2.45) is 5.92 Å². The van der Waals surface area contributed by atoms with Gasteiger partial charge in [-0.05, 0) is 25.3 Å². The molecule has 3 nitrogen and oxygen atoms in total. The molecule has 0 radical (unpaired) electrons. The number of rotatable bonds is 3. The predicted octanol–water partition coefficient (Wildman–Crippen LogP) is 1.93. The Morgan fingerprint density at radius 1 is 1.35 bits per heavy atom. The Morgan fingerprint density at radius 3 is 2.71 bits per heavy atom. The molecule has 1 aliphatic heterocycles. The molecule has 92 valence electrons. The molecule has 1 fully saturated rings. The first-order chi connectivity index (χ1) is 8.16. The van der Waals surface area contributed by atoms with Crippen molar-refractivity contribution in [3.8, 4) is 0 Å². The fourth-order valence-electron chi connectivity index (χ4n) is 2.10. The molecule has 0 bridgehead atoms. The number of esters is 1. The zero-order chi connectivity index (χ0) is 12.3. The molecule has 0 unspecified atom stereocenters. The zero-order valence-electron chi connectivity index (χ0n) is 10.0. The Bertz CT molecular complexity index is 374. The van der Waals surface area contributed by atoms with Crippen LogP contribution >= 0.6 is 0 Å². The van der Waals surface area contributed by atoms with E-state index in [1.807, 2.05) is 18.2 Å². The van der Waals surface area contributed by atoms with Crippen LogP contribution in [0.15, 0.2) is 30.3 Å². The molecule has 3 atom stereocenters. The average molecular weight is 234 g/mol. The van der Waals surface area contributed by atoms with Gasteiger partial charge in [0.2, 0.25) is 0 Å². The molecule has 0 spiro atoms. The second kappa shape index (κ2) is 5.32.